The maximum Gasteiger partial charge on any atom is 0.293 e. The number of hydrogen-bond donors (Lipinski definition) is 1. The monoisotopic (exact) mass is 272 g/mol. The molecule has 0 amide bonds. The Balaban J connectivity index is 2.03. The maximum absolute atomic E-state index is 11.3. The van der Waals surface area contributed by atoms with Gasteiger partial charge in [-0.15, -0.1) is 0 Å². The lowest BCUT2D eigenvalue weighted by Crippen LogP contribution is -2.47. The van der Waals surface area contributed by atoms with E-state index in [1.165, 1.54) is 6.07 Å². The largest absolute Gasteiger partial charge is 0.360 e. The summed E-state index contributed by atoms with van der Waals surface area (Å²) in [4.78, 5) is 13.0. The highest BCUT2D eigenvalue weighted by molar-refractivity contribution is 5.67. The first kappa shape index (κ1) is 12.9. The number of benzene rings is 1. The van der Waals surface area contributed by atoms with E-state index in [0.717, 1.165) is 25.7 Å². The molecule has 2 atom stereocenters. The molecule has 3 rings (SSSR count). The summed E-state index contributed by atoms with van der Waals surface area (Å²) >= 11 is 0. The zero-order valence-electron chi connectivity index (χ0n) is 11.0. The van der Waals surface area contributed by atoms with Crippen LogP contribution >= 0.6 is 0 Å². The highest BCUT2D eigenvalue weighted by atomic mass is 16.6. The van der Waals surface area contributed by atoms with Gasteiger partial charge in [-0.05, 0) is 37.8 Å². The highest BCUT2D eigenvalue weighted by Crippen LogP contribution is 2.42. The minimum atomic E-state index is -0.399. The first-order valence-corrected chi connectivity index (χ1v) is 6.82. The third kappa shape index (κ3) is 2.00. The Hall–Kier alpha value is -2.13. The highest BCUT2D eigenvalue weighted by Gasteiger charge is 2.41. The van der Waals surface area contributed by atoms with Crippen molar-refractivity contribution >= 4 is 11.4 Å². The van der Waals surface area contributed by atoms with E-state index < -0.39 is 4.92 Å². The minimum Gasteiger partial charge on any atom is -0.360 e. The number of nitrogens with two attached hydrogens (primary N) is 1. The first-order chi connectivity index (χ1) is 9.60. The third-order valence-electron chi connectivity index (χ3n) is 4.35. The molecule has 2 heterocycles. The van der Waals surface area contributed by atoms with Gasteiger partial charge in [0.25, 0.3) is 5.69 Å². The zero-order chi connectivity index (χ0) is 14.3. The SMILES string of the molecule is N#Cc1ccc(N2C3CCC2CC(N)C3)c([N+](=O)[O-])c1. The van der Waals surface area contributed by atoms with Gasteiger partial charge in [-0.25, -0.2) is 0 Å². The second kappa shape index (κ2) is 4.76. The molecule has 2 N–H and O–H groups in total. The van der Waals surface area contributed by atoms with Crippen molar-refractivity contribution in [1.29, 1.82) is 5.26 Å². The summed E-state index contributed by atoms with van der Waals surface area (Å²) in [5.41, 5.74) is 7.01. The van der Waals surface area contributed by atoms with Crippen LogP contribution in [0.25, 0.3) is 0 Å². The molecule has 6 nitrogen and oxygen atoms in total. The molecule has 2 aliphatic heterocycles. The first-order valence-electron chi connectivity index (χ1n) is 6.82. The van der Waals surface area contributed by atoms with Crippen molar-refractivity contribution in [2.75, 3.05) is 4.90 Å². The van der Waals surface area contributed by atoms with Crippen molar-refractivity contribution in [3.8, 4) is 6.07 Å². The van der Waals surface area contributed by atoms with Crippen molar-refractivity contribution in [1.82, 2.24) is 0 Å². The molecular formula is C14H16N4O2. The summed E-state index contributed by atoms with van der Waals surface area (Å²) in [6, 6.07) is 7.45. The minimum absolute atomic E-state index is 0.0245. The molecular weight excluding hydrogens is 256 g/mol. The number of hydrogen-bond acceptors (Lipinski definition) is 5. The molecule has 20 heavy (non-hydrogen) atoms. The van der Waals surface area contributed by atoms with Crippen molar-refractivity contribution in [2.24, 2.45) is 5.73 Å². The third-order valence-corrected chi connectivity index (χ3v) is 4.35. The molecule has 0 saturated carbocycles. The number of nitro benzene ring substituents is 1. The Labute approximate surface area is 116 Å². The van der Waals surface area contributed by atoms with Crippen molar-refractivity contribution in [2.45, 2.75) is 43.8 Å². The lowest BCUT2D eigenvalue weighted by atomic mass is 9.97. The Bertz CT molecular complexity index is 581. The second-order valence-corrected chi connectivity index (χ2v) is 5.60. The molecule has 2 unspecified atom stereocenters. The van der Waals surface area contributed by atoms with Gasteiger partial charge in [-0.2, -0.15) is 5.26 Å². The van der Waals surface area contributed by atoms with Gasteiger partial charge < -0.3 is 10.6 Å². The molecule has 2 aliphatic rings. The smallest absolute Gasteiger partial charge is 0.293 e. The molecule has 0 aliphatic carbocycles. The van der Waals surface area contributed by atoms with E-state index in [9.17, 15) is 10.1 Å². The van der Waals surface area contributed by atoms with Crippen LogP contribution in [0.1, 0.15) is 31.2 Å². The standard InChI is InChI=1S/C14H16N4O2/c15-8-9-1-4-13(14(5-9)18(19)20)17-11-2-3-12(17)7-10(16)6-11/h1,4-5,10-12H,2-3,6-7,16H2. The molecule has 0 radical (unpaired) electrons. The number of nitrogens with zero attached hydrogens (tertiary/aromatic N) is 3. The predicted octanol–water partition coefficient (Wildman–Crippen LogP) is 1.92. The second-order valence-electron chi connectivity index (χ2n) is 5.60. The zero-order valence-corrected chi connectivity index (χ0v) is 11.0. The van der Waals surface area contributed by atoms with Crippen molar-refractivity contribution in [3.63, 3.8) is 0 Å². The van der Waals surface area contributed by atoms with Gasteiger partial charge in [-0.1, -0.05) is 0 Å². The van der Waals surface area contributed by atoms with Gasteiger partial charge in [-0.3, -0.25) is 10.1 Å². The molecule has 1 aromatic rings. The Kier molecular flexibility index (Phi) is 3.07. The lowest BCUT2D eigenvalue weighted by Gasteiger charge is -2.39. The van der Waals surface area contributed by atoms with Gasteiger partial charge in [0.05, 0.1) is 16.6 Å². The number of nitro groups is 1. The van der Waals surface area contributed by atoms with Crippen LogP contribution in [-0.2, 0) is 0 Å². The molecule has 2 saturated heterocycles. The van der Waals surface area contributed by atoms with E-state index in [4.69, 9.17) is 11.0 Å². The average Bonchev–Trinajstić information content (AvgIpc) is 2.69. The fourth-order valence-corrected chi connectivity index (χ4v) is 3.57. The van der Waals surface area contributed by atoms with E-state index in [-0.39, 0.29) is 23.8 Å². The molecule has 0 spiro atoms. The number of nitriles is 1. The number of anilines is 1. The van der Waals surface area contributed by atoms with Gasteiger partial charge in [0, 0.05) is 24.2 Å². The number of piperidine rings is 1. The summed E-state index contributed by atoms with van der Waals surface area (Å²) in [7, 11) is 0. The van der Waals surface area contributed by atoms with Crippen molar-refractivity contribution in [3.05, 3.63) is 33.9 Å². The van der Waals surface area contributed by atoms with E-state index in [1.807, 2.05) is 6.07 Å². The Morgan fingerprint density at radius 1 is 1.35 bits per heavy atom. The summed E-state index contributed by atoms with van der Waals surface area (Å²) in [6.07, 6.45) is 3.84. The molecule has 2 fully saturated rings. The summed E-state index contributed by atoms with van der Waals surface area (Å²) in [5, 5.41) is 20.2. The molecule has 104 valence electrons. The van der Waals surface area contributed by atoms with Gasteiger partial charge >= 0.3 is 0 Å². The van der Waals surface area contributed by atoms with E-state index in [0.29, 0.717) is 11.3 Å². The van der Waals surface area contributed by atoms with Gasteiger partial charge in [0.1, 0.15) is 5.69 Å². The summed E-state index contributed by atoms with van der Waals surface area (Å²) in [6.45, 7) is 0. The molecule has 1 aromatic carbocycles. The van der Waals surface area contributed by atoms with Crippen LogP contribution in [0, 0.1) is 21.4 Å². The van der Waals surface area contributed by atoms with Crippen LogP contribution < -0.4 is 10.6 Å². The molecule has 0 aromatic heterocycles. The molecule has 2 bridgehead atoms. The normalized spacial score (nSPS) is 28.2. The van der Waals surface area contributed by atoms with Crippen LogP contribution in [0.15, 0.2) is 18.2 Å². The Morgan fingerprint density at radius 2 is 2.00 bits per heavy atom. The summed E-state index contributed by atoms with van der Waals surface area (Å²) in [5.74, 6) is 0. The van der Waals surface area contributed by atoms with Crippen LogP contribution in [0.2, 0.25) is 0 Å². The van der Waals surface area contributed by atoms with Crippen LogP contribution in [0.3, 0.4) is 0 Å². The van der Waals surface area contributed by atoms with E-state index in [2.05, 4.69) is 4.90 Å². The van der Waals surface area contributed by atoms with E-state index in [1.54, 1.807) is 12.1 Å². The summed E-state index contributed by atoms with van der Waals surface area (Å²) < 4.78 is 0. The topological polar surface area (TPSA) is 96.2 Å². The van der Waals surface area contributed by atoms with Gasteiger partial charge in [0.2, 0.25) is 0 Å². The Morgan fingerprint density at radius 3 is 2.55 bits per heavy atom. The maximum atomic E-state index is 11.3. The lowest BCUT2D eigenvalue weighted by molar-refractivity contribution is -0.384. The molecule has 6 heteroatoms. The van der Waals surface area contributed by atoms with Gasteiger partial charge in [0.15, 0.2) is 0 Å². The van der Waals surface area contributed by atoms with E-state index >= 15 is 0 Å². The quantitative estimate of drug-likeness (QED) is 0.655. The van der Waals surface area contributed by atoms with Crippen LogP contribution in [0.4, 0.5) is 11.4 Å². The number of fused-ring (bicyclic) bond motifs is 2. The predicted molar refractivity (Wildman–Crippen MR) is 74.3 cm³/mol. The van der Waals surface area contributed by atoms with Crippen LogP contribution in [0.5, 0.6) is 0 Å². The fourth-order valence-electron chi connectivity index (χ4n) is 3.57. The average molecular weight is 272 g/mol. The number of rotatable bonds is 2. The fraction of sp³-hybridized carbons (Fsp3) is 0.500. The van der Waals surface area contributed by atoms with Crippen LogP contribution in [-0.4, -0.2) is 23.0 Å². The van der Waals surface area contributed by atoms with Crippen molar-refractivity contribution < 1.29 is 4.92 Å².